The first-order valence-corrected chi connectivity index (χ1v) is 5.11. The van der Waals surface area contributed by atoms with Crippen LogP contribution in [0, 0.1) is 17.8 Å². The molecule has 0 saturated heterocycles. The second-order valence-electron chi connectivity index (χ2n) is 4.14. The molecule has 0 bridgehead atoms. The van der Waals surface area contributed by atoms with Crippen molar-refractivity contribution in [3.05, 3.63) is 12.2 Å². The first-order chi connectivity index (χ1) is 7.00. The predicted octanol–water partition coefficient (Wildman–Crippen LogP) is 1.76. The van der Waals surface area contributed by atoms with Crippen LogP contribution in [0.5, 0.6) is 0 Å². The Balaban J connectivity index is 2.70. The molecule has 0 amide bonds. The highest BCUT2D eigenvalue weighted by Gasteiger charge is 2.30. The van der Waals surface area contributed by atoms with Crippen LogP contribution in [0.4, 0.5) is 0 Å². The van der Waals surface area contributed by atoms with Gasteiger partial charge < -0.3 is 10.2 Å². The van der Waals surface area contributed by atoms with Crippen LogP contribution >= 0.6 is 0 Å². The van der Waals surface area contributed by atoms with Crippen LogP contribution in [-0.4, -0.2) is 22.2 Å². The van der Waals surface area contributed by atoms with Crippen LogP contribution in [0.2, 0.25) is 0 Å². The quantitative estimate of drug-likeness (QED) is 0.696. The van der Waals surface area contributed by atoms with Gasteiger partial charge in [0.05, 0.1) is 0 Å². The summed E-state index contributed by atoms with van der Waals surface area (Å²) in [6.07, 6.45) is 4.73. The number of aliphatic carboxylic acids is 2. The molecule has 2 N–H and O–H groups in total. The lowest BCUT2D eigenvalue weighted by Gasteiger charge is -2.31. The summed E-state index contributed by atoms with van der Waals surface area (Å²) in [6, 6.07) is 0. The zero-order valence-electron chi connectivity index (χ0n) is 8.72. The Hall–Kier alpha value is -1.32. The Bertz CT molecular complexity index is 282. The van der Waals surface area contributed by atoms with Gasteiger partial charge in [-0.05, 0) is 24.2 Å². The Morgan fingerprint density at radius 3 is 2.40 bits per heavy atom. The highest BCUT2D eigenvalue weighted by Crippen LogP contribution is 2.34. The van der Waals surface area contributed by atoms with Crippen LogP contribution in [0.15, 0.2) is 12.2 Å². The molecule has 15 heavy (non-hydrogen) atoms. The molecular weight excluding hydrogens is 196 g/mol. The van der Waals surface area contributed by atoms with E-state index >= 15 is 0 Å². The maximum absolute atomic E-state index is 10.7. The molecule has 0 aromatic heterocycles. The van der Waals surface area contributed by atoms with Crippen molar-refractivity contribution in [1.29, 1.82) is 0 Å². The third-order valence-corrected chi connectivity index (χ3v) is 3.01. The van der Waals surface area contributed by atoms with Gasteiger partial charge in [0, 0.05) is 12.8 Å². The minimum atomic E-state index is -0.850. The van der Waals surface area contributed by atoms with Crippen LogP contribution in [0.1, 0.15) is 26.2 Å². The Labute approximate surface area is 88.6 Å². The molecule has 1 aliphatic carbocycles. The number of hydrogen-bond acceptors (Lipinski definition) is 2. The van der Waals surface area contributed by atoms with E-state index in [1.165, 1.54) is 0 Å². The van der Waals surface area contributed by atoms with Crippen molar-refractivity contribution in [3.8, 4) is 0 Å². The van der Waals surface area contributed by atoms with Gasteiger partial charge in [0.2, 0.25) is 0 Å². The Morgan fingerprint density at radius 1 is 1.27 bits per heavy atom. The molecule has 0 radical (unpaired) electrons. The fourth-order valence-electron chi connectivity index (χ4n) is 2.23. The molecule has 4 heteroatoms. The number of hydrogen-bond donors (Lipinski definition) is 2. The van der Waals surface area contributed by atoms with Crippen LogP contribution in [0.3, 0.4) is 0 Å². The Morgan fingerprint density at radius 2 is 1.87 bits per heavy atom. The maximum atomic E-state index is 10.7. The second kappa shape index (κ2) is 4.96. The number of carboxylic acids is 2. The average molecular weight is 212 g/mol. The summed E-state index contributed by atoms with van der Waals surface area (Å²) in [5.74, 6) is -1.64. The van der Waals surface area contributed by atoms with Crippen molar-refractivity contribution in [2.45, 2.75) is 26.2 Å². The summed E-state index contributed by atoms with van der Waals surface area (Å²) in [7, 11) is 0. The number of carbonyl (C=O) groups is 2. The van der Waals surface area contributed by atoms with E-state index in [4.69, 9.17) is 10.2 Å². The minimum Gasteiger partial charge on any atom is -0.481 e. The smallest absolute Gasteiger partial charge is 0.303 e. The van der Waals surface area contributed by atoms with Gasteiger partial charge in [0.25, 0.3) is 0 Å². The van der Waals surface area contributed by atoms with E-state index < -0.39 is 11.9 Å². The molecule has 1 unspecified atom stereocenters. The van der Waals surface area contributed by atoms with Crippen molar-refractivity contribution >= 4 is 11.9 Å². The molecule has 0 fully saturated rings. The summed E-state index contributed by atoms with van der Waals surface area (Å²) in [4.78, 5) is 21.3. The van der Waals surface area contributed by atoms with E-state index in [9.17, 15) is 9.59 Å². The van der Waals surface area contributed by atoms with Crippen molar-refractivity contribution in [1.82, 2.24) is 0 Å². The molecule has 0 spiro atoms. The highest BCUT2D eigenvalue weighted by molar-refractivity contribution is 5.69. The maximum Gasteiger partial charge on any atom is 0.303 e. The zero-order chi connectivity index (χ0) is 11.4. The minimum absolute atomic E-state index is 0.0430. The molecule has 4 nitrogen and oxygen atoms in total. The van der Waals surface area contributed by atoms with E-state index in [-0.39, 0.29) is 30.6 Å². The Kier molecular flexibility index (Phi) is 3.88. The largest absolute Gasteiger partial charge is 0.481 e. The zero-order valence-corrected chi connectivity index (χ0v) is 8.72. The first-order valence-electron chi connectivity index (χ1n) is 5.11. The molecule has 0 heterocycles. The standard InChI is InChI=1S/C11H16O4/c1-7-3-2-4-8(5-10(12)13)9(7)6-11(14)15/h2-3,7-9H,4-6H2,1H3,(H,12,13)(H,14,15)/t7?,8-,9-/m0/s1. The van der Waals surface area contributed by atoms with Crippen LogP contribution in [-0.2, 0) is 9.59 Å². The molecule has 1 rings (SSSR count). The normalized spacial score (nSPS) is 30.1. The average Bonchev–Trinajstić information content (AvgIpc) is 2.09. The summed E-state index contributed by atoms with van der Waals surface area (Å²) >= 11 is 0. The third-order valence-electron chi connectivity index (χ3n) is 3.01. The SMILES string of the molecule is CC1C=CC[C@@H](CC(=O)O)[C@H]1CC(=O)O. The van der Waals surface area contributed by atoms with Gasteiger partial charge in [-0.3, -0.25) is 9.59 Å². The predicted molar refractivity (Wildman–Crippen MR) is 54.4 cm³/mol. The number of rotatable bonds is 4. The molecule has 0 aliphatic heterocycles. The molecule has 0 aromatic carbocycles. The molecule has 84 valence electrons. The van der Waals surface area contributed by atoms with Gasteiger partial charge in [-0.1, -0.05) is 19.1 Å². The fourth-order valence-corrected chi connectivity index (χ4v) is 2.23. The molecule has 1 aliphatic rings. The van der Waals surface area contributed by atoms with Gasteiger partial charge in [-0.2, -0.15) is 0 Å². The van der Waals surface area contributed by atoms with E-state index in [0.29, 0.717) is 6.42 Å². The van der Waals surface area contributed by atoms with Crippen molar-refractivity contribution in [2.75, 3.05) is 0 Å². The third kappa shape index (κ3) is 3.38. The summed E-state index contributed by atoms with van der Waals surface area (Å²) in [5, 5.41) is 17.5. The fraction of sp³-hybridized carbons (Fsp3) is 0.636. The lowest BCUT2D eigenvalue weighted by atomic mass is 9.73. The number of allylic oxidation sites excluding steroid dienone is 2. The van der Waals surface area contributed by atoms with Crippen LogP contribution < -0.4 is 0 Å². The van der Waals surface area contributed by atoms with E-state index in [2.05, 4.69) is 0 Å². The van der Waals surface area contributed by atoms with Gasteiger partial charge in [0.15, 0.2) is 0 Å². The van der Waals surface area contributed by atoms with E-state index in [1.54, 1.807) is 0 Å². The molecule has 0 aromatic rings. The van der Waals surface area contributed by atoms with Crippen molar-refractivity contribution in [2.24, 2.45) is 17.8 Å². The molecular formula is C11H16O4. The van der Waals surface area contributed by atoms with Gasteiger partial charge in [0.1, 0.15) is 0 Å². The lowest BCUT2D eigenvalue weighted by molar-refractivity contribution is -0.142. The summed E-state index contributed by atoms with van der Waals surface area (Å²) < 4.78 is 0. The summed E-state index contributed by atoms with van der Waals surface area (Å²) in [5.41, 5.74) is 0. The van der Waals surface area contributed by atoms with Gasteiger partial charge in [-0.25, -0.2) is 0 Å². The first kappa shape index (κ1) is 11.8. The topological polar surface area (TPSA) is 74.6 Å². The molecule has 0 saturated carbocycles. The van der Waals surface area contributed by atoms with Crippen molar-refractivity contribution in [3.63, 3.8) is 0 Å². The van der Waals surface area contributed by atoms with Gasteiger partial charge in [-0.15, -0.1) is 0 Å². The number of carboxylic acid groups (broad SMARTS) is 2. The second-order valence-corrected chi connectivity index (χ2v) is 4.14. The highest BCUT2D eigenvalue weighted by atomic mass is 16.4. The van der Waals surface area contributed by atoms with Crippen LogP contribution in [0.25, 0.3) is 0 Å². The summed E-state index contributed by atoms with van der Waals surface area (Å²) in [6.45, 7) is 1.94. The van der Waals surface area contributed by atoms with Gasteiger partial charge >= 0.3 is 11.9 Å². The van der Waals surface area contributed by atoms with E-state index in [0.717, 1.165) is 0 Å². The lowest BCUT2D eigenvalue weighted by Crippen LogP contribution is -2.28. The van der Waals surface area contributed by atoms with Crippen molar-refractivity contribution < 1.29 is 19.8 Å². The molecule has 3 atom stereocenters. The monoisotopic (exact) mass is 212 g/mol. The van der Waals surface area contributed by atoms with E-state index in [1.807, 2.05) is 19.1 Å².